The lowest BCUT2D eigenvalue weighted by Crippen LogP contribution is -2.32. The van der Waals surface area contributed by atoms with Crippen LogP contribution in [0.3, 0.4) is 0 Å². The summed E-state index contributed by atoms with van der Waals surface area (Å²) in [6.45, 7) is 4.66. The van der Waals surface area contributed by atoms with Crippen molar-refractivity contribution < 1.29 is 58.1 Å². The minimum absolute atomic E-state index is 0.00320. The Morgan fingerprint density at radius 3 is 1.62 bits per heavy atom. The summed E-state index contributed by atoms with van der Waals surface area (Å²) in [5.74, 6) is -1.88. The van der Waals surface area contributed by atoms with E-state index < -0.39 is 29.4 Å². The van der Waals surface area contributed by atoms with Crippen LogP contribution in [0.15, 0.2) is 103 Å². The van der Waals surface area contributed by atoms with Gasteiger partial charge in [-0.2, -0.15) is 0 Å². The Morgan fingerprint density at radius 2 is 1.15 bits per heavy atom. The lowest BCUT2D eigenvalue weighted by atomic mass is 9.77. The topological polar surface area (TPSA) is 215 Å². The Balaban J connectivity index is 0.000000168. The molecular formula is C45H37N3O12S. The van der Waals surface area contributed by atoms with E-state index in [0.717, 1.165) is 0 Å². The zero-order valence-electron chi connectivity index (χ0n) is 33.1. The Bertz CT molecular complexity index is 2570. The number of hydrogen-bond donors (Lipinski definition) is 4. The Kier molecular flexibility index (Phi) is 12.4. The summed E-state index contributed by atoms with van der Waals surface area (Å²) in [6.07, 6.45) is 0.102. The van der Waals surface area contributed by atoms with Gasteiger partial charge in [-0.05, 0) is 81.4 Å². The molecule has 3 aliphatic rings. The van der Waals surface area contributed by atoms with Gasteiger partial charge in [-0.15, -0.1) is 5.06 Å². The largest absolute Gasteiger partial charge is 0.508 e. The first-order valence-electron chi connectivity index (χ1n) is 18.5. The number of rotatable bonds is 6. The van der Waals surface area contributed by atoms with E-state index in [2.05, 4.69) is 10.6 Å². The van der Waals surface area contributed by atoms with Gasteiger partial charge in [-0.3, -0.25) is 24.0 Å². The molecule has 0 atom stereocenters. The minimum atomic E-state index is -1.25. The highest BCUT2D eigenvalue weighted by molar-refractivity contribution is 7.80. The molecule has 0 unspecified atom stereocenters. The SMILES string of the molecule is CC(=O)c1ccc(C(=O)ON2C(=O)CCC2=O)cc1.CC(=S)Nc1ccc2c(c1)C(=O)OC21c2ccc(O)cc2Oc2cc(O)ccc21.CNC(=O)c1ccc(C(C)=O)cc1. The number of ketones is 2. The second kappa shape index (κ2) is 17.6. The van der Waals surface area contributed by atoms with Crippen molar-refractivity contribution in [1.29, 1.82) is 0 Å². The van der Waals surface area contributed by atoms with Gasteiger partial charge < -0.3 is 35.2 Å². The second-order valence-electron chi connectivity index (χ2n) is 13.8. The maximum Gasteiger partial charge on any atom is 0.363 e. The summed E-state index contributed by atoms with van der Waals surface area (Å²) in [6, 6.07) is 27.0. The number of imide groups is 1. The van der Waals surface area contributed by atoms with Crippen LogP contribution in [0.4, 0.5) is 5.69 Å². The van der Waals surface area contributed by atoms with Gasteiger partial charge in [-0.25, -0.2) is 9.59 Å². The lowest BCUT2D eigenvalue weighted by molar-refractivity contribution is -0.172. The third kappa shape index (κ3) is 8.99. The van der Waals surface area contributed by atoms with Crippen LogP contribution in [0.25, 0.3) is 0 Å². The lowest BCUT2D eigenvalue weighted by Gasteiger charge is -2.36. The van der Waals surface area contributed by atoms with Crippen molar-refractivity contribution in [2.24, 2.45) is 0 Å². The van der Waals surface area contributed by atoms with Crippen molar-refractivity contribution in [1.82, 2.24) is 10.4 Å². The van der Waals surface area contributed by atoms with Crippen LogP contribution in [-0.4, -0.2) is 68.5 Å². The number of ether oxygens (including phenoxy) is 2. The van der Waals surface area contributed by atoms with Crippen LogP contribution < -0.4 is 15.4 Å². The zero-order chi connectivity index (χ0) is 44.2. The average molecular weight is 844 g/mol. The number of hydrogen-bond acceptors (Lipinski definition) is 13. The number of nitrogens with one attached hydrogen (secondary N) is 2. The van der Waals surface area contributed by atoms with Crippen LogP contribution in [-0.2, 0) is 24.8 Å². The number of esters is 1. The first-order valence-corrected chi connectivity index (χ1v) is 19.0. The molecule has 16 heteroatoms. The van der Waals surface area contributed by atoms with Crippen LogP contribution in [0.2, 0.25) is 0 Å². The normalized spacial score (nSPS) is 13.7. The summed E-state index contributed by atoms with van der Waals surface area (Å²) in [7, 11) is 1.57. The zero-order valence-corrected chi connectivity index (χ0v) is 33.9. The van der Waals surface area contributed by atoms with Crippen molar-refractivity contribution in [3.05, 3.63) is 148 Å². The van der Waals surface area contributed by atoms with Gasteiger partial charge in [0.2, 0.25) is 0 Å². The monoisotopic (exact) mass is 843 g/mol. The van der Waals surface area contributed by atoms with Crippen LogP contribution in [0.5, 0.6) is 23.0 Å². The number of nitrogens with zero attached hydrogens (tertiary/aromatic N) is 1. The molecule has 1 fully saturated rings. The fourth-order valence-corrected chi connectivity index (χ4v) is 6.74. The van der Waals surface area contributed by atoms with E-state index in [4.69, 9.17) is 26.5 Å². The smallest absolute Gasteiger partial charge is 0.363 e. The Labute approximate surface area is 353 Å². The molecule has 1 spiro atoms. The summed E-state index contributed by atoms with van der Waals surface area (Å²) in [5.41, 5.74) is 3.49. The molecule has 8 rings (SSSR count). The average Bonchev–Trinajstić information content (AvgIpc) is 3.70. The molecule has 0 aliphatic carbocycles. The number of aromatic hydroxyl groups is 2. The van der Waals surface area contributed by atoms with E-state index in [9.17, 15) is 43.8 Å². The molecule has 5 aromatic carbocycles. The molecule has 3 aliphatic heterocycles. The maximum atomic E-state index is 12.9. The predicted octanol–water partition coefficient (Wildman–Crippen LogP) is 6.78. The molecule has 0 aromatic heterocycles. The van der Waals surface area contributed by atoms with E-state index in [1.54, 1.807) is 56.4 Å². The molecule has 5 aromatic rings. The Morgan fingerprint density at radius 1 is 0.672 bits per heavy atom. The number of fused-ring (bicyclic) bond motifs is 6. The second-order valence-corrected chi connectivity index (χ2v) is 14.4. The number of Topliss-reactive ketones (excluding diaryl/α,β-unsaturated/α-hetero) is 2. The number of carbonyl (C=O) groups is 7. The van der Waals surface area contributed by atoms with Gasteiger partial charge in [0.1, 0.15) is 23.0 Å². The maximum absolute atomic E-state index is 12.9. The number of amides is 3. The first kappa shape index (κ1) is 42.9. The molecule has 0 bridgehead atoms. The van der Waals surface area contributed by atoms with Crippen molar-refractivity contribution >= 4 is 64.1 Å². The highest BCUT2D eigenvalue weighted by Gasteiger charge is 2.53. The summed E-state index contributed by atoms with van der Waals surface area (Å²) in [4.78, 5) is 85.6. The summed E-state index contributed by atoms with van der Waals surface area (Å²) in [5, 5.41) is 25.9. The van der Waals surface area contributed by atoms with Crippen LogP contribution in [0.1, 0.15) is 102 Å². The minimum Gasteiger partial charge on any atom is -0.508 e. The third-order valence-electron chi connectivity index (χ3n) is 9.58. The van der Waals surface area contributed by atoms with Gasteiger partial charge in [0, 0.05) is 71.1 Å². The third-order valence-corrected chi connectivity index (χ3v) is 9.68. The molecular weight excluding hydrogens is 807 g/mol. The number of hydroxylamine groups is 2. The Hall–Kier alpha value is -7.72. The van der Waals surface area contributed by atoms with Crippen molar-refractivity contribution in [2.75, 3.05) is 12.4 Å². The number of benzene rings is 5. The van der Waals surface area contributed by atoms with E-state index in [1.807, 2.05) is 12.1 Å². The summed E-state index contributed by atoms with van der Waals surface area (Å²) < 4.78 is 11.9. The predicted molar refractivity (Wildman–Crippen MR) is 223 cm³/mol. The van der Waals surface area contributed by atoms with Crippen LogP contribution >= 0.6 is 12.2 Å². The van der Waals surface area contributed by atoms with E-state index in [0.29, 0.717) is 66.2 Å². The fourth-order valence-electron chi connectivity index (χ4n) is 6.62. The van der Waals surface area contributed by atoms with Gasteiger partial charge in [0.05, 0.1) is 16.1 Å². The van der Waals surface area contributed by atoms with Crippen molar-refractivity contribution in [3.63, 3.8) is 0 Å². The molecule has 0 radical (unpaired) electrons. The molecule has 3 heterocycles. The van der Waals surface area contributed by atoms with Gasteiger partial charge >= 0.3 is 11.9 Å². The first-order chi connectivity index (χ1) is 29.0. The van der Waals surface area contributed by atoms with E-state index >= 15 is 0 Å². The van der Waals surface area contributed by atoms with Gasteiger partial charge in [0.25, 0.3) is 17.7 Å². The van der Waals surface area contributed by atoms with E-state index in [1.165, 1.54) is 62.4 Å². The highest BCUT2D eigenvalue weighted by Crippen LogP contribution is 2.57. The molecule has 3 amide bonds. The molecule has 61 heavy (non-hydrogen) atoms. The molecule has 4 N–H and O–H groups in total. The number of thiocarbonyl (C=S) groups is 1. The van der Waals surface area contributed by atoms with Crippen molar-refractivity contribution in [2.45, 2.75) is 39.2 Å². The molecule has 310 valence electrons. The number of carbonyl (C=O) groups excluding carboxylic acids is 7. The van der Waals surface area contributed by atoms with Gasteiger partial charge in [0.15, 0.2) is 17.2 Å². The number of phenols is 2. The van der Waals surface area contributed by atoms with E-state index in [-0.39, 0.29) is 47.4 Å². The standard InChI is InChI=1S/C22H15NO5S.C13H11NO5.C10H11NO2/c1-11(29)23-12-2-5-16-15(8-12)21(26)28-22(16)17-6-3-13(24)9-19(17)27-20-10-14(25)4-7-18(20)22;1-8(15)9-2-4-10(5-3-9)13(18)19-14-11(16)6-7-12(14)17;1-7(12)8-3-5-9(6-4-8)10(13)11-2/h2-10,24-25H,1H3,(H,23,29);2-5H,6-7H2,1H3;3-6H,1-2H3,(H,11,13). The number of phenolic OH excluding ortho intramolecular Hbond substituents is 2. The quantitative estimate of drug-likeness (QED) is 0.0600. The molecule has 1 saturated heterocycles. The van der Waals surface area contributed by atoms with Crippen molar-refractivity contribution in [3.8, 4) is 23.0 Å². The fraction of sp³-hybridized carbons (Fsp3) is 0.156. The highest BCUT2D eigenvalue weighted by atomic mass is 32.1. The van der Waals surface area contributed by atoms with Gasteiger partial charge in [-0.1, -0.05) is 42.5 Å². The summed E-state index contributed by atoms with van der Waals surface area (Å²) >= 11 is 5.09. The number of anilines is 1. The molecule has 0 saturated carbocycles. The van der Waals surface area contributed by atoms with Crippen LogP contribution in [0, 0.1) is 0 Å². The molecule has 15 nitrogen and oxygen atoms in total.